The Morgan fingerprint density at radius 3 is 2.62 bits per heavy atom. The highest BCUT2D eigenvalue weighted by molar-refractivity contribution is 7.99. The number of aromatic nitrogens is 5. The van der Waals surface area contributed by atoms with E-state index < -0.39 is 5.97 Å². The number of rotatable bonds is 5. The van der Waals surface area contributed by atoms with Gasteiger partial charge in [-0.3, -0.25) is 0 Å². The predicted octanol–water partition coefficient (Wildman–Crippen LogP) is 2.13. The molecule has 0 atom stereocenters. The van der Waals surface area contributed by atoms with Gasteiger partial charge in [-0.2, -0.15) is 0 Å². The molecule has 0 amide bonds. The van der Waals surface area contributed by atoms with Crippen LogP contribution in [0.25, 0.3) is 0 Å². The van der Waals surface area contributed by atoms with Gasteiger partial charge in [0.25, 0.3) is 0 Å². The maximum absolute atomic E-state index is 11.2. The van der Waals surface area contributed by atoms with Crippen molar-refractivity contribution < 1.29 is 9.90 Å². The van der Waals surface area contributed by atoms with E-state index in [1.807, 2.05) is 0 Å². The van der Waals surface area contributed by atoms with Crippen LogP contribution < -0.4 is 0 Å². The third-order valence-electron chi connectivity index (χ3n) is 3.60. The minimum Gasteiger partial charge on any atom is -0.476 e. The molecule has 21 heavy (non-hydrogen) atoms. The minimum atomic E-state index is -1.08. The number of carboxylic acids is 1. The zero-order chi connectivity index (χ0) is 14.4. The Bertz CT molecular complexity index is 708. The SMILES string of the molecule is O=C(O)c1nccnc1Sc1nnc(C2CC2)n1C1CC1. The van der Waals surface area contributed by atoms with Gasteiger partial charge in [0.15, 0.2) is 10.9 Å². The van der Waals surface area contributed by atoms with Crippen LogP contribution in [-0.4, -0.2) is 35.8 Å². The van der Waals surface area contributed by atoms with Gasteiger partial charge in [-0.1, -0.05) is 0 Å². The molecular weight excluding hydrogens is 290 g/mol. The first kappa shape index (κ1) is 12.8. The van der Waals surface area contributed by atoms with E-state index in [-0.39, 0.29) is 5.69 Å². The van der Waals surface area contributed by atoms with Crippen LogP contribution in [0.2, 0.25) is 0 Å². The molecule has 1 N–H and O–H groups in total. The van der Waals surface area contributed by atoms with E-state index in [1.165, 1.54) is 37.0 Å². The summed E-state index contributed by atoms with van der Waals surface area (Å²) in [5.41, 5.74) is -0.0409. The van der Waals surface area contributed by atoms with Crippen molar-refractivity contribution in [1.29, 1.82) is 0 Å². The highest BCUT2D eigenvalue weighted by atomic mass is 32.2. The Hall–Kier alpha value is -1.96. The lowest BCUT2D eigenvalue weighted by Gasteiger charge is -2.08. The van der Waals surface area contributed by atoms with Gasteiger partial charge >= 0.3 is 5.97 Å². The number of hydrogen-bond donors (Lipinski definition) is 1. The van der Waals surface area contributed by atoms with Gasteiger partial charge in [0.05, 0.1) is 0 Å². The van der Waals surface area contributed by atoms with E-state index in [0.717, 1.165) is 23.8 Å². The monoisotopic (exact) mass is 303 g/mol. The van der Waals surface area contributed by atoms with Crippen LogP contribution in [0.3, 0.4) is 0 Å². The van der Waals surface area contributed by atoms with Crippen LogP contribution >= 0.6 is 11.8 Å². The largest absolute Gasteiger partial charge is 0.476 e. The molecule has 0 saturated heterocycles. The number of carbonyl (C=O) groups is 1. The van der Waals surface area contributed by atoms with E-state index in [2.05, 4.69) is 24.7 Å². The van der Waals surface area contributed by atoms with Crippen molar-refractivity contribution in [2.75, 3.05) is 0 Å². The van der Waals surface area contributed by atoms with Gasteiger partial charge in [-0.25, -0.2) is 14.8 Å². The molecule has 0 aromatic carbocycles. The lowest BCUT2D eigenvalue weighted by Crippen LogP contribution is -2.06. The fraction of sp³-hybridized carbons (Fsp3) is 0.462. The maximum atomic E-state index is 11.2. The normalized spacial score (nSPS) is 17.9. The average Bonchev–Trinajstić information content (AvgIpc) is 3.39. The van der Waals surface area contributed by atoms with E-state index in [1.54, 1.807) is 0 Å². The maximum Gasteiger partial charge on any atom is 0.357 e. The zero-order valence-corrected chi connectivity index (χ0v) is 12.0. The Labute approximate surface area is 124 Å². The van der Waals surface area contributed by atoms with Crippen molar-refractivity contribution in [2.24, 2.45) is 0 Å². The molecule has 4 rings (SSSR count). The topological polar surface area (TPSA) is 93.8 Å². The van der Waals surface area contributed by atoms with Crippen molar-refractivity contribution in [2.45, 2.75) is 47.8 Å². The molecule has 2 aliphatic rings. The Balaban J connectivity index is 1.70. The van der Waals surface area contributed by atoms with Gasteiger partial charge in [-0.15, -0.1) is 10.2 Å². The fourth-order valence-electron chi connectivity index (χ4n) is 2.29. The lowest BCUT2D eigenvalue weighted by molar-refractivity contribution is 0.0685. The highest BCUT2D eigenvalue weighted by Crippen LogP contribution is 2.46. The molecular formula is C13H13N5O2S. The molecule has 0 radical (unpaired) electrons. The second kappa shape index (κ2) is 4.80. The molecule has 0 spiro atoms. The fourth-order valence-corrected chi connectivity index (χ4v) is 3.23. The second-order valence-corrected chi connectivity index (χ2v) is 6.29. The first-order valence-electron chi connectivity index (χ1n) is 6.91. The van der Waals surface area contributed by atoms with Gasteiger partial charge in [0, 0.05) is 24.4 Å². The number of nitrogens with zero attached hydrogens (tertiary/aromatic N) is 5. The first-order valence-corrected chi connectivity index (χ1v) is 7.72. The summed E-state index contributed by atoms with van der Waals surface area (Å²) in [6.45, 7) is 0. The first-order chi connectivity index (χ1) is 10.2. The molecule has 2 fully saturated rings. The van der Waals surface area contributed by atoms with Gasteiger partial charge < -0.3 is 9.67 Å². The van der Waals surface area contributed by atoms with Crippen LogP contribution in [0.1, 0.15) is 54.0 Å². The number of aromatic carboxylic acids is 1. The summed E-state index contributed by atoms with van der Waals surface area (Å²) in [5, 5.41) is 18.8. The quantitative estimate of drug-likeness (QED) is 0.904. The molecule has 0 aliphatic heterocycles. The second-order valence-electron chi connectivity index (χ2n) is 5.33. The molecule has 2 heterocycles. The van der Waals surface area contributed by atoms with E-state index in [4.69, 9.17) is 0 Å². The van der Waals surface area contributed by atoms with Crippen molar-refractivity contribution in [3.63, 3.8) is 0 Å². The summed E-state index contributed by atoms with van der Waals surface area (Å²) in [5.74, 6) is 0.486. The van der Waals surface area contributed by atoms with Crippen LogP contribution in [0.5, 0.6) is 0 Å². The van der Waals surface area contributed by atoms with Gasteiger partial charge in [0.1, 0.15) is 10.9 Å². The van der Waals surface area contributed by atoms with Gasteiger partial charge in [-0.05, 0) is 37.4 Å². The molecule has 0 bridgehead atoms. The Morgan fingerprint density at radius 2 is 1.95 bits per heavy atom. The Kier molecular flexibility index (Phi) is 2.91. The minimum absolute atomic E-state index is 0.0409. The number of carboxylic acid groups (broad SMARTS) is 1. The Morgan fingerprint density at radius 1 is 1.19 bits per heavy atom. The zero-order valence-electron chi connectivity index (χ0n) is 11.1. The van der Waals surface area contributed by atoms with Crippen LogP contribution in [0, 0.1) is 0 Å². The van der Waals surface area contributed by atoms with E-state index >= 15 is 0 Å². The van der Waals surface area contributed by atoms with Crippen molar-refractivity contribution in [1.82, 2.24) is 24.7 Å². The molecule has 2 aromatic heterocycles. The number of hydrogen-bond acceptors (Lipinski definition) is 6. The highest BCUT2D eigenvalue weighted by Gasteiger charge is 2.36. The summed E-state index contributed by atoms with van der Waals surface area (Å²) in [4.78, 5) is 19.2. The van der Waals surface area contributed by atoms with Crippen LogP contribution in [-0.2, 0) is 0 Å². The van der Waals surface area contributed by atoms with Crippen molar-refractivity contribution in [3.05, 3.63) is 23.9 Å². The van der Waals surface area contributed by atoms with Crippen LogP contribution in [0.4, 0.5) is 0 Å². The molecule has 2 saturated carbocycles. The van der Waals surface area contributed by atoms with Crippen LogP contribution in [0.15, 0.2) is 22.6 Å². The third-order valence-corrected chi connectivity index (χ3v) is 4.55. The summed E-state index contributed by atoms with van der Waals surface area (Å²) < 4.78 is 2.17. The molecule has 0 unspecified atom stereocenters. The molecule has 2 aliphatic carbocycles. The molecule has 108 valence electrons. The molecule has 2 aromatic rings. The summed E-state index contributed by atoms with van der Waals surface area (Å²) in [6, 6.07) is 0.461. The lowest BCUT2D eigenvalue weighted by atomic mass is 10.4. The predicted molar refractivity (Wildman–Crippen MR) is 73.4 cm³/mol. The van der Waals surface area contributed by atoms with E-state index in [9.17, 15) is 9.90 Å². The molecule has 7 nitrogen and oxygen atoms in total. The smallest absolute Gasteiger partial charge is 0.357 e. The third kappa shape index (κ3) is 2.39. The van der Waals surface area contributed by atoms with E-state index in [0.29, 0.717) is 17.0 Å². The van der Waals surface area contributed by atoms with Crippen molar-refractivity contribution in [3.8, 4) is 0 Å². The van der Waals surface area contributed by atoms with Gasteiger partial charge in [0.2, 0.25) is 0 Å². The average molecular weight is 303 g/mol. The summed E-state index contributed by atoms with van der Waals surface area (Å²) in [7, 11) is 0. The summed E-state index contributed by atoms with van der Waals surface area (Å²) in [6.07, 6.45) is 7.49. The summed E-state index contributed by atoms with van der Waals surface area (Å²) >= 11 is 1.24. The van der Waals surface area contributed by atoms with Crippen molar-refractivity contribution >= 4 is 17.7 Å². The standard InChI is InChI=1S/C13H13N5O2S/c19-12(20)9-11(15-6-5-14-9)21-13-17-16-10(7-1-2-7)18(13)8-3-4-8/h5-8H,1-4H2,(H,19,20). The molecule has 8 heteroatoms.